The molecule has 0 saturated heterocycles. The molecule has 5 heteroatoms. The molecule has 0 radical (unpaired) electrons. The van der Waals surface area contributed by atoms with Gasteiger partial charge in [0.25, 0.3) is 0 Å². The Morgan fingerprint density at radius 1 is 1.62 bits per heavy atom. The molecule has 0 aromatic carbocycles. The quantitative estimate of drug-likeness (QED) is 0.822. The zero-order valence-electron chi connectivity index (χ0n) is 9.27. The minimum atomic E-state index is -0.178. The molecule has 86 valence electrons. The molecule has 0 saturated carbocycles. The first kappa shape index (κ1) is 13.3. The predicted molar refractivity (Wildman–Crippen MR) is 67.6 cm³/mol. The molecule has 0 bridgehead atoms. The van der Waals surface area contributed by atoms with Crippen molar-refractivity contribution in [2.24, 2.45) is 0 Å². The maximum atomic E-state index is 8.94. The second-order valence-electron chi connectivity index (χ2n) is 3.60. The van der Waals surface area contributed by atoms with Crippen LogP contribution in [0.3, 0.4) is 0 Å². The summed E-state index contributed by atoms with van der Waals surface area (Å²) in [5.74, 6) is 0.644. The third-order valence-corrected chi connectivity index (χ3v) is 3.32. The topological polar surface area (TPSA) is 48.7 Å². The van der Waals surface area contributed by atoms with Crippen LogP contribution in [0.5, 0.6) is 0 Å². The van der Waals surface area contributed by atoms with Crippen molar-refractivity contribution in [3.05, 3.63) is 23.4 Å². The Morgan fingerprint density at radius 2 is 2.38 bits per heavy atom. The van der Waals surface area contributed by atoms with Crippen molar-refractivity contribution in [1.82, 2.24) is 10.3 Å². The fourth-order valence-electron chi connectivity index (χ4n) is 1.16. The molecule has 3 nitrogen and oxygen atoms in total. The van der Waals surface area contributed by atoms with Gasteiger partial charge in [-0.25, -0.2) is 4.98 Å². The van der Waals surface area contributed by atoms with Crippen LogP contribution in [0.25, 0.3) is 0 Å². The minimum absolute atomic E-state index is 0.178. The summed E-state index contributed by atoms with van der Waals surface area (Å²) in [5.41, 5.74) is 0. The van der Waals surface area contributed by atoms with Crippen LogP contribution in [0.4, 0.5) is 0 Å². The average Bonchev–Trinajstić information content (AvgIpc) is 2.25. The van der Waals surface area contributed by atoms with Crippen molar-refractivity contribution >= 4 is 23.4 Å². The van der Waals surface area contributed by atoms with Gasteiger partial charge in [0.15, 0.2) is 0 Å². The van der Waals surface area contributed by atoms with Crippen LogP contribution < -0.4 is 5.32 Å². The van der Waals surface area contributed by atoms with Crippen molar-refractivity contribution in [1.29, 1.82) is 5.26 Å². The zero-order valence-corrected chi connectivity index (χ0v) is 10.8. The van der Waals surface area contributed by atoms with Gasteiger partial charge < -0.3 is 0 Å². The number of hydrogen-bond acceptors (Lipinski definition) is 4. The molecule has 0 aliphatic carbocycles. The van der Waals surface area contributed by atoms with Gasteiger partial charge >= 0.3 is 0 Å². The van der Waals surface area contributed by atoms with Crippen molar-refractivity contribution < 1.29 is 0 Å². The van der Waals surface area contributed by atoms with Crippen LogP contribution in [0.1, 0.15) is 13.8 Å². The standard InChI is InChI=1S/C11H14ClN3S/c1-8(2)15-9(6-13)7-16-11-10(12)4-3-5-14-11/h3-5,8-9,15H,7H2,1-2H3. The summed E-state index contributed by atoms with van der Waals surface area (Å²) < 4.78 is 0. The van der Waals surface area contributed by atoms with Gasteiger partial charge in [0.2, 0.25) is 0 Å². The lowest BCUT2D eigenvalue weighted by atomic mass is 10.3. The molecule has 0 amide bonds. The fourth-order valence-corrected chi connectivity index (χ4v) is 2.29. The van der Waals surface area contributed by atoms with Crippen LogP contribution in [-0.4, -0.2) is 22.8 Å². The number of thioether (sulfide) groups is 1. The summed E-state index contributed by atoms with van der Waals surface area (Å²) in [7, 11) is 0. The van der Waals surface area contributed by atoms with Gasteiger partial charge in [-0.2, -0.15) is 5.26 Å². The number of rotatable bonds is 5. The van der Waals surface area contributed by atoms with Gasteiger partial charge in [0.05, 0.1) is 11.1 Å². The van der Waals surface area contributed by atoms with E-state index in [2.05, 4.69) is 16.4 Å². The first-order valence-corrected chi connectivity index (χ1v) is 6.39. The van der Waals surface area contributed by atoms with E-state index < -0.39 is 0 Å². The molecule has 0 spiro atoms. The molecular weight excluding hydrogens is 242 g/mol. The van der Waals surface area contributed by atoms with E-state index in [-0.39, 0.29) is 6.04 Å². The summed E-state index contributed by atoms with van der Waals surface area (Å²) in [4.78, 5) is 4.16. The molecule has 1 unspecified atom stereocenters. The largest absolute Gasteiger partial charge is 0.299 e. The molecular formula is C11H14ClN3S. The van der Waals surface area contributed by atoms with Gasteiger partial charge in [-0.3, -0.25) is 5.32 Å². The molecule has 1 aromatic heterocycles. The number of nitrogens with one attached hydrogen (secondary N) is 1. The molecule has 16 heavy (non-hydrogen) atoms. The Balaban J connectivity index is 2.50. The van der Waals surface area contributed by atoms with Gasteiger partial charge in [-0.1, -0.05) is 11.6 Å². The van der Waals surface area contributed by atoms with Crippen molar-refractivity contribution in [3.63, 3.8) is 0 Å². The predicted octanol–water partition coefficient (Wildman–Crippen LogP) is 2.72. The van der Waals surface area contributed by atoms with Crippen LogP contribution in [0.15, 0.2) is 23.4 Å². The number of pyridine rings is 1. The van der Waals surface area contributed by atoms with E-state index in [1.54, 1.807) is 18.3 Å². The summed E-state index contributed by atoms with van der Waals surface area (Å²) >= 11 is 7.46. The maximum absolute atomic E-state index is 8.94. The van der Waals surface area contributed by atoms with Gasteiger partial charge in [-0.15, -0.1) is 11.8 Å². The molecule has 0 aliphatic rings. The molecule has 1 N–H and O–H groups in total. The molecule has 1 atom stereocenters. The second kappa shape index (κ2) is 6.74. The average molecular weight is 256 g/mol. The monoisotopic (exact) mass is 255 g/mol. The van der Waals surface area contributed by atoms with E-state index in [4.69, 9.17) is 16.9 Å². The van der Waals surface area contributed by atoms with Crippen LogP contribution in [0, 0.1) is 11.3 Å². The lowest BCUT2D eigenvalue weighted by molar-refractivity contribution is 0.560. The molecule has 1 rings (SSSR count). The Labute approximate surface area is 105 Å². The first-order chi connectivity index (χ1) is 7.63. The summed E-state index contributed by atoms with van der Waals surface area (Å²) in [5, 5.41) is 13.5. The van der Waals surface area contributed by atoms with E-state index >= 15 is 0 Å². The number of aromatic nitrogens is 1. The van der Waals surface area contributed by atoms with E-state index in [1.807, 2.05) is 13.8 Å². The summed E-state index contributed by atoms with van der Waals surface area (Å²) in [6.07, 6.45) is 1.70. The first-order valence-electron chi connectivity index (χ1n) is 5.02. The molecule has 1 heterocycles. The van der Waals surface area contributed by atoms with Crippen LogP contribution in [-0.2, 0) is 0 Å². The summed E-state index contributed by atoms with van der Waals surface area (Å²) in [6.45, 7) is 4.03. The van der Waals surface area contributed by atoms with Gasteiger partial charge in [0, 0.05) is 18.0 Å². The highest BCUT2D eigenvalue weighted by Crippen LogP contribution is 2.24. The highest BCUT2D eigenvalue weighted by molar-refractivity contribution is 7.99. The lowest BCUT2D eigenvalue weighted by Crippen LogP contribution is -2.35. The third-order valence-electron chi connectivity index (χ3n) is 1.80. The summed E-state index contributed by atoms with van der Waals surface area (Å²) in [6, 6.07) is 5.93. The van der Waals surface area contributed by atoms with Crippen LogP contribution >= 0.6 is 23.4 Å². The fraction of sp³-hybridized carbons (Fsp3) is 0.455. The van der Waals surface area contributed by atoms with Gasteiger partial charge in [0.1, 0.15) is 11.1 Å². The zero-order chi connectivity index (χ0) is 12.0. The van der Waals surface area contributed by atoms with Crippen LogP contribution in [0.2, 0.25) is 5.02 Å². The molecule has 1 aromatic rings. The Bertz CT molecular complexity index is 376. The van der Waals surface area contributed by atoms with E-state index in [0.717, 1.165) is 5.03 Å². The van der Waals surface area contributed by atoms with Crippen molar-refractivity contribution in [2.75, 3.05) is 5.75 Å². The maximum Gasteiger partial charge on any atom is 0.115 e. The smallest absolute Gasteiger partial charge is 0.115 e. The van der Waals surface area contributed by atoms with E-state index in [9.17, 15) is 0 Å². The van der Waals surface area contributed by atoms with Crippen molar-refractivity contribution in [2.45, 2.75) is 31.0 Å². The molecule has 0 fully saturated rings. The number of nitrogens with zero attached hydrogens (tertiary/aromatic N) is 2. The van der Waals surface area contributed by atoms with E-state index in [1.165, 1.54) is 11.8 Å². The Kier molecular flexibility index (Phi) is 5.61. The number of hydrogen-bond donors (Lipinski definition) is 1. The number of nitriles is 1. The minimum Gasteiger partial charge on any atom is -0.299 e. The highest BCUT2D eigenvalue weighted by Gasteiger charge is 2.10. The second-order valence-corrected chi connectivity index (χ2v) is 5.02. The third kappa shape index (κ3) is 4.40. The van der Waals surface area contributed by atoms with Gasteiger partial charge in [-0.05, 0) is 26.0 Å². The van der Waals surface area contributed by atoms with Crippen molar-refractivity contribution in [3.8, 4) is 6.07 Å². The van der Waals surface area contributed by atoms with E-state index in [0.29, 0.717) is 16.8 Å². The Hall–Kier alpha value is -0.760. The normalized spacial score (nSPS) is 12.4. The lowest BCUT2D eigenvalue weighted by Gasteiger charge is -2.13. The number of halogens is 1. The Morgan fingerprint density at radius 3 is 2.94 bits per heavy atom. The SMILES string of the molecule is CC(C)NC(C#N)CSc1ncccc1Cl. The molecule has 0 aliphatic heterocycles. The highest BCUT2D eigenvalue weighted by atomic mass is 35.5.